The molecule has 42 heavy (non-hydrogen) atoms. The second-order valence-corrected chi connectivity index (χ2v) is 12.8. The second kappa shape index (κ2) is 13.6. The molecule has 0 radical (unpaired) electrons. The van der Waals surface area contributed by atoms with Crippen LogP contribution in [0.25, 0.3) is 5.57 Å². The van der Waals surface area contributed by atoms with Crippen LogP contribution in [-0.2, 0) is 9.53 Å². The quantitative estimate of drug-likeness (QED) is 0.359. The van der Waals surface area contributed by atoms with E-state index in [1.807, 2.05) is 32.9 Å². The highest BCUT2D eigenvalue weighted by Gasteiger charge is 2.44. The minimum Gasteiger partial charge on any atom is -0.444 e. The maximum absolute atomic E-state index is 13.4. The van der Waals surface area contributed by atoms with Crippen molar-refractivity contribution in [2.24, 2.45) is 0 Å². The highest BCUT2D eigenvalue weighted by Crippen LogP contribution is 2.42. The molecule has 5 rings (SSSR count). The Bertz CT molecular complexity index is 1320. The lowest BCUT2D eigenvalue weighted by molar-refractivity contribution is -0.125. The Balaban J connectivity index is 1.20. The Labute approximate surface area is 253 Å². The average molecular weight is 585 g/mol. The van der Waals surface area contributed by atoms with Crippen LogP contribution in [0, 0.1) is 0 Å². The van der Waals surface area contributed by atoms with Crippen LogP contribution in [0.15, 0.2) is 90.8 Å². The van der Waals surface area contributed by atoms with Gasteiger partial charge in [-0.05, 0) is 56.4 Å². The highest BCUT2D eigenvalue weighted by atomic mass is 32.2. The molecule has 1 aromatic heterocycles. The van der Waals surface area contributed by atoms with E-state index in [0.717, 1.165) is 38.0 Å². The smallest absolute Gasteiger partial charge is 0.412 e. The number of hydrogen-bond acceptors (Lipinski definition) is 6. The molecule has 0 bridgehead atoms. The number of likely N-dealkylation sites (tertiary alicyclic amines) is 1. The molecule has 2 saturated heterocycles. The second-order valence-electron chi connectivity index (χ2n) is 11.7. The molecule has 0 saturated carbocycles. The van der Waals surface area contributed by atoms with Gasteiger partial charge in [0.15, 0.2) is 0 Å². The summed E-state index contributed by atoms with van der Waals surface area (Å²) in [7, 11) is 0. The lowest BCUT2D eigenvalue weighted by Gasteiger charge is -2.32. The first-order chi connectivity index (χ1) is 20.3. The number of thioether (sulfide) groups is 1. The standard InChI is InChI=1S/C34H40N4O3S/c1-34(2,3)41-33(40)38-29(24-42-32(38)28-15-10-18-35-23-28)31(39)36-19-22-37-20-16-27(17-21-37)30(25-11-6-4-7-12-25)26-13-8-5-9-14-26/h4-15,18,23,29,32H,16-17,19-22,24H2,1-3H3,(H,36,39). The van der Waals surface area contributed by atoms with E-state index in [1.54, 1.807) is 29.1 Å². The molecule has 220 valence electrons. The van der Waals surface area contributed by atoms with Gasteiger partial charge in [0, 0.05) is 49.9 Å². The number of pyridine rings is 1. The third kappa shape index (κ3) is 7.41. The zero-order valence-corrected chi connectivity index (χ0v) is 25.5. The summed E-state index contributed by atoms with van der Waals surface area (Å²) in [5, 5.41) is 2.79. The third-order valence-corrected chi connectivity index (χ3v) is 8.87. The Kier molecular flexibility index (Phi) is 9.65. The largest absolute Gasteiger partial charge is 0.444 e. The molecule has 2 atom stereocenters. The first kappa shape index (κ1) is 29.9. The summed E-state index contributed by atoms with van der Waals surface area (Å²) in [6, 6.07) is 24.5. The number of carbonyl (C=O) groups excluding carboxylic acids is 2. The predicted molar refractivity (Wildman–Crippen MR) is 169 cm³/mol. The van der Waals surface area contributed by atoms with Gasteiger partial charge in [0.2, 0.25) is 5.91 Å². The Morgan fingerprint density at radius 2 is 1.60 bits per heavy atom. The van der Waals surface area contributed by atoms with Crippen LogP contribution in [0.1, 0.15) is 55.7 Å². The van der Waals surface area contributed by atoms with Crippen LogP contribution in [0.3, 0.4) is 0 Å². The van der Waals surface area contributed by atoms with Crippen LogP contribution >= 0.6 is 11.8 Å². The molecule has 3 aromatic rings. The number of nitrogens with zero attached hydrogens (tertiary/aromatic N) is 3. The molecule has 2 unspecified atom stereocenters. The fourth-order valence-corrected chi connectivity index (χ4v) is 6.96. The number of aromatic nitrogens is 1. The molecule has 0 aliphatic carbocycles. The average Bonchev–Trinajstić information content (AvgIpc) is 3.45. The van der Waals surface area contributed by atoms with Gasteiger partial charge in [0.1, 0.15) is 17.0 Å². The fourth-order valence-electron chi connectivity index (χ4n) is 5.56. The van der Waals surface area contributed by atoms with E-state index in [9.17, 15) is 9.59 Å². The monoisotopic (exact) mass is 584 g/mol. The molecule has 2 aliphatic rings. The van der Waals surface area contributed by atoms with Crippen molar-refractivity contribution in [1.29, 1.82) is 0 Å². The summed E-state index contributed by atoms with van der Waals surface area (Å²) in [4.78, 5) is 34.8. The first-order valence-corrected chi connectivity index (χ1v) is 15.7. The molecule has 2 aliphatic heterocycles. The van der Waals surface area contributed by atoms with Crippen molar-refractivity contribution in [3.8, 4) is 0 Å². The van der Waals surface area contributed by atoms with E-state index in [0.29, 0.717) is 12.3 Å². The van der Waals surface area contributed by atoms with E-state index in [-0.39, 0.29) is 11.3 Å². The van der Waals surface area contributed by atoms with Gasteiger partial charge in [-0.15, -0.1) is 11.8 Å². The number of carbonyl (C=O) groups is 2. The van der Waals surface area contributed by atoms with Crippen LogP contribution in [-0.4, -0.2) is 70.4 Å². The van der Waals surface area contributed by atoms with Gasteiger partial charge < -0.3 is 15.0 Å². The van der Waals surface area contributed by atoms with Gasteiger partial charge in [-0.3, -0.25) is 14.7 Å². The molecule has 8 heteroatoms. The van der Waals surface area contributed by atoms with Gasteiger partial charge in [-0.2, -0.15) is 0 Å². The summed E-state index contributed by atoms with van der Waals surface area (Å²) >= 11 is 1.56. The van der Waals surface area contributed by atoms with E-state index >= 15 is 0 Å². The lowest BCUT2D eigenvalue weighted by Crippen LogP contribution is -2.50. The van der Waals surface area contributed by atoms with Gasteiger partial charge in [0.05, 0.1) is 0 Å². The van der Waals surface area contributed by atoms with Crippen molar-refractivity contribution in [1.82, 2.24) is 20.1 Å². The molecule has 3 heterocycles. The Morgan fingerprint density at radius 1 is 0.952 bits per heavy atom. The van der Waals surface area contributed by atoms with Gasteiger partial charge >= 0.3 is 6.09 Å². The summed E-state index contributed by atoms with van der Waals surface area (Å²) in [6.45, 7) is 8.70. The van der Waals surface area contributed by atoms with E-state index in [4.69, 9.17) is 4.74 Å². The van der Waals surface area contributed by atoms with Crippen molar-refractivity contribution < 1.29 is 14.3 Å². The van der Waals surface area contributed by atoms with Crippen LogP contribution in [0.2, 0.25) is 0 Å². The highest BCUT2D eigenvalue weighted by molar-refractivity contribution is 7.99. The van der Waals surface area contributed by atoms with Crippen LogP contribution in [0.5, 0.6) is 0 Å². The van der Waals surface area contributed by atoms with E-state index in [2.05, 4.69) is 75.9 Å². The zero-order valence-electron chi connectivity index (χ0n) is 24.7. The van der Waals surface area contributed by atoms with E-state index in [1.165, 1.54) is 22.3 Å². The first-order valence-electron chi connectivity index (χ1n) is 14.7. The molecular formula is C34H40N4O3S. The number of hydrogen-bond donors (Lipinski definition) is 1. The number of amides is 2. The SMILES string of the molecule is CC(C)(C)OC(=O)N1C(C(=O)NCCN2CCC(=C(c3ccccc3)c3ccccc3)CC2)CSC1c1cccnc1. The number of ether oxygens (including phenoxy) is 1. The van der Waals surface area contributed by atoms with E-state index < -0.39 is 17.7 Å². The summed E-state index contributed by atoms with van der Waals surface area (Å²) in [5.74, 6) is 0.359. The molecular weight excluding hydrogens is 544 g/mol. The number of benzene rings is 2. The minimum absolute atomic E-state index is 0.146. The normalized spacial score (nSPS) is 19.4. The van der Waals surface area contributed by atoms with Crippen LogP contribution < -0.4 is 5.32 Å². The summed E-state index contributed by atoms with van der Waals surface area (Å²) in [6.07, 6.45) is 4.95. The molecule has 1 N–H and O–H groups in total. The van der Waals surface area contributed by atoms with Crippen molar-refractivity contribution in [2.45, 2.75) is 50.6 Å². The van der Waals surface area contributed by atoms with Crippen LogP contribution in [0.4, 0.5) is 4.79 Å². The van der Waals surface area contributed by atoms with Crippen molar-refractivity contribution >= 4 is 29.3 Å². The van der Waals surface area contributed by atoms with Gasteiger partial charge in [-0.25, -0.2) is 4.79 Å². The molecule has 2 amide bonds. The Hall–Kier alpha value is -3.62. The van der Waals surface area contributed by atoms with Crippen molar-refractivity contribution in [3.05, 3.63) is 107 Å². The maximum atomic E-state index is 13.4. The maximum Gasteiger partial charge on any atom is 0.412 e. The van der Waals surface area contributed by atoms with Gasteiger partial charge in [0.25, 0.3) is 0 Å². The van der Waals surface area contributed by atoms with Gasteiger partial charge in [-0.1, -0.05) is 72.3 Å². The number of nitrogens with one attached hydrogen (secondary N) is 1. The van der Waals surface area contributed by atoms with Crippen molar-refractivity contribution in [2.75, 3.05) is 31.9 Å². The summed E-state index contributed by atoms with van der Waals surface area (Å²) < 4.78 is 5.71. The molecule has 0 spiro atoms. The third-order valence-electron chi connectivity index (χ3n) is 7.54. The number of rotatable bonds is 7. The number of piperidine rings is 1. The predicted octanol–water partition coefficient (Wildman–Crippen LogP) is 6.15. The lowest BCUT2D eigenvalue weighted by atomic mass is 9.88. The Morgan fingerprint density at radius 3 is 2.17 bits per heavy atom. The fraction of sp³-hybridized carbons (Fsp3) is 0.382. The van der Waals surface area contributed by atoms with Crippen molar-refractivity contribution in [3.63, 3.8) is 0 Å². The molecule has 2 aromatic carbocycles. The minimum atomic E-state index is -0.659. The topological polar surface area (TPSA) is 74.8 Å². The zero-order chi connectivity index (χ0) is 29.5. The molecule has 7 nitrogen and oxygen atoms in total. The summed E-state index contributed by atoms with van der Waals surface area (Å²) in [5.41, 5.74) is 5.55. The molecule has 2 fully saturated rings.